The van der Waals surface area contributed by atoms with E-state index in [1.54, 1.807) is 9.47 Å². The number of carboxylic acid groups (broad SMARTS) is 1. The van der Waals surface area contributed by atoms with Gasteiger partial charge in [-0.05, 0) is 37.8 Å². The van der Waals surface area contributed by atoms with Crippen LogP contribution in [0.15, 0.2) is 28.5 Å². The minimum absolute atomic E-state index is 0.0257. The average Bonchev–Trinajstić information content (AvgIpc) is 3.04. The third kappa shape index (κ3) is 4.09. The predicted molar refractivity (Wildman–Crippen MR) is 120 cm³/mol. The maximum Gasteiger partial charge on any atom is 0.341 e. The lowest BCUT2D eigenvalue weighted by Crippen LogP contribution is -2.30. The summed E-state index contributed by atoms with van der Waals surface area (Å²) in [5.74, 6) is -2.12. The molecule has 1 fully saturated rings. The monoisotopic (exact) mass is 449 g/mol. The second-order valence-electron chi connectivity index (χ2n) is 7.73. The summed E-state index contributed by atoms with van der Waals surface area (Å²) >= 11 is 0. The van der Waals surface area contributed by atoms with Gasteiger partial charge in [-0.25, -0.2) is 13.6 Å². The normalized spacial score (nSPS) is 19.6. The number of aromatic carboxylic acids is 1. The average molecular weight is 449 g/mol. The summed E-state index contributed by atoms with van der Waals surface area (Å²) < 4.78 is 36.7. The first kappa shape index (κ1) is 23.7. The maximum absolute atomic E-state index is 15.2. The molecule has 1 saturated heterocycles. The van der Waals surface area contributed by atoms with Crippen molar-refractivity contribution in [3.63, 3.8) is 0 Å². The van der Waals surface area contributed by atoms with Gasteiger partial charge < -0.3 is 25.0 Å². The lowest BCUT2D eigenvalue weighted by molar-refractivity contribution is 0.0694. The molecule has 0 bridgehead atoms. The van der Waals surface area contributed by atoms with E-state index in [0.717, 1.165) is 6.07 Å². The van der Waals surface area contributed by atoms with Gasteiger partial charge in [-0.1, -0.05) is 13.8 Å². The van der Waals surface area contributed by atoms with E-state index in [-0.39, 0.29) is 41.8 Å². The number of hydrogen-bond acceptors (Lipinski definition) is 5. The Bertz CT molecular complexity index is 1130. The molecule has 0 saturated carbocycles. The van der Waals surface area contributed by atoms with E-state index in [1.165, 1.54) is 6.20 Å². The van der Waals surface area contributed by atoms with Crippen molar-refractivity contribution >= 4 is 22.6 Å². The molecule has 1 aromatic carbocycles. The summed E-state index contributed by atoms with van der Waals surface area (Å²) in [6.45, 7) is 6.77. The van der Waals surface area contributed by atoms with Crippen LogP contribution in [-0.4, -0.2) is 41.9 Å². The second kappa shape index (κ2) is 9.68. The van der Waals surface area contributed by atoms with Gasteiger partial charge in [0.15, 0.2) is 11.6 Å². The number of halogens is 2. The molecule has 1 aromatic heterocycles. The first-order chi connectivity index (χ1) is 15.3. The molecular formula is C23H29F2N3O4. The van der Waals surface area contributed by atoms with Gasteiger partial charge in [0.25, 0.3) is 0 Å². The van der Waals surface area contributed by atoms with E-state index in [0.29, 0.717) is 43.4 Å². The van der Waals surface area contributed by atoms with E-state index >= 15 is 4.39 Å². The molecule has 2 aromatic rings. The smallest absolute Gasteiger partial charge is 0.341 e. The molecule has 1 atom stereocenters. The molecule has 0 spiro atoms. The molecule has 0 amide bonds. The second-order valence-corrected chi connectivity index (χ2v) is 7.73. The summed E-state index contributed by atoms with van der Waals surface area (Å²) in [6, 6.07) is 0.859. The number of carboxylic acids is 1. The van der Waals surface area contributed by atoms with Gasteiger partial charge >= 0.3 is 5.97 Å². The van der Waals surface area contributed by atoms with Crippen LogP contribution in [0.25, 0.3) is 10.9 Å². The fourth-order valence-electron chi connectivity index (χ4n) is 4.29. The topological polar surface area (TPSA) is 97.8 Å². The van der Waals surface area contributed by atoms with Crippen molar-refractivity contribution in [2.75, 3.05) is 31.1 Å². The van der Waals surface area contributed by atoms with Crippen LogP contribution in [-0.2, 0) is 0 Å². The van der Waals surface area contributed by atoms with Crippen molar-refractivity contribution in [1.29, 1.82) is 0 Å². The van der Waals surface area contributed by atoms with Crippen molar-refractivity contribution in [3.8, 4) is 5.75 Å². The standard InChI is InChI=1S/C21H23F2N3O4.C2H6/c1-11-10-30-20-17-13(19(27)14(21(28)29)9-26(11)17)7-15(22)18(20)25-5-2-3-12(4-6-25)16(23)8-24;1-2/h7,9,11H,2-6,8,10,24H2,1H3,(H,28,29);1-2H3/b16-12-;/t11-;/m0./s1. The fourth-order valence-corrected chi connectivity index (χ4v) is 4.29. The van der Waals surface area contributed by atoms with Gasteiger partial charge in [0, 0.05) is 25.8 Å². The maximum atomic E-state index is 15.2. The van der Waals surface area contributed by atoms with Crippen LogP contribution in [0.1, 0.15) is 56.4 Å². The van der Waals surface area contributed by atoms with E-state index in [9.17, 15) is 19.1 Å². The van der Waals surface area contributed by atoms with Crippen LogP contribution in [0.2, 0.25) is 0 Å². The van der Waals surface area contributed by atoms with Gasteiger partial charge in [0.1, 0.15) is 23.7 Å². The minimum Gasteiger partial charge on any atom is -0.487 e. The van der Waals surface area contributed by atoms with Crippen molar-refractivity contribution in [3.05, 3.63) is 45.3 Å². The Hall–Kier alpha value is -2.94. The number of anilines is 1. The van der Waals surface area contributed by atoms with Crippen LogP contribution < -0.4 is 20.8 Å². The van der Waals surface area contributed by atoms with Crippen LogP contribution in [0, 0.1) is 5.82 Å². The van der Waals surface area contributed by atoms with E-state index in [1.807, 2.05) is 20.8 Å². The van der Waals surface area contributed by atoms with E-state index in [2.05, 4.69) is 0 Å². The number of rotatable bonds is 3. The molecule has 9 heteroatoms. The lowest BCUT2D eigenvalue weighted by atomic mass is 10.1. The highest BCUT2D eigenvalue weighted by atomic mass is 19.1. The number of carbonyl (C=O) groups is 1. The zero-order chi connectivity index (χ0) is 23.6. The molecule has 3 N–H and O–H groups in total. The number of aromatic nitrogens is 1. The summed E-state index contributed by atoms with van der Waals surface area (Å²) in [4.78, 5) is 26.0. The van der Waals surface area contributed by atoms with Crippen molar-refractivity contribution in [2.24, 2.45) is 5.73 Å². The van der Waals surface area contributed by atoms with Crippen molar-refractivity contribution in [2.45, 2.75) is 46.1 Å². The molecule has 7 nitrogen and oxygen atoms in total. The molecule has 0 unspecified atom stereocenters. The summed E-state index contributed by atoms with van der Waals surface area (Å²) in [5, 5.41) is 9.35. The molecule has 0 radical (unpaired) electrons. The SMILES string of the molecule is CC.C[C@H]1COc2c(N3CCC/C(=C(/F)CN)CC3)c(F)cc3c(=O)c(C(=O)O)cn1c23. The van der Waals surface area contributed by atoms with Crippen molar-refractivity contribution in [1.82, 2.24) is 4.57 Å². The zero-order valence-electron chi connectivity index (χ0n) is 18.6. The zero-order valence-corrected chi connectivity index (χ0v) is 18.6. The molecule has 2 aliphatic heterocycles. The van der Waals surface area contributed by atoms with Gasteiger partial charge in [0.2, 0.25) is 5.43 Å². The van der Waals surface area contributed by atoms with Gasteiger partial charge in [0.05, 0.1) is 16.9 Å². The summed E-state index contributed by atoms with van der Waals surface area (Å²) in [6.07, 6.45) is 2.89. The molecular weight excluding hydrogens is 420 g/mol. The number of hydrogen-bond donors (Lipinski definition) is 2. The minimum atomic E-state index is -1.36. The number of pyridine rings is 1. The molecule has 0 aliphatic carbocycles. The third-order valence-corrected chi connectivity index (χ3v) is 5.84. The molecule has 2 aliphatic rings. The van der Waals surface area contributed by atoms with Crippen LogP contribution in [0.5, 0.6) is 5.75 Å². The number of nitrogens with two attached hydrogens (primary N) is 1. The van der Waals surface area contributed by atoms with E-state index in [4.69, 9.17) is 10.5 Å². The molecule has 4 rings (SSSR count). The molecule has 174 valence electrons. The van der Waals surface area contributed by atoms with E-state index < -0.39 is 22.8 Å². The number of nitrogens with zero attached hydrogens (tertiary/aromatic N) is 2. The summed E-state index contributed by atoms with van der Waals surface area (Å²) in [7, 11) is 0. The fraction of sp³-hybridized carbons (Fsp3) is 0.478. The predicted octanol–water partition coefficient (Wildman–Crippen LogP) is 3.99. The van der Waals surface area contributed by atoms with Crippen molar-refractivity contribution < 1.29 is 23.4 Å². The highest BCUT2D eigenvalue weighted by Crippen LogP contribution is 2.42. The van der Waals surface area contributed by atoms with Gasteiger partial charge in [-0.2, -0.15) is 0 Å². The van der Waals surface area contributed by atoms with Crippen LogP contribution in [0.3, 0.4) is 0 Å². The Morgan fingerprint density at radius 2 is 2.03 bits per heavy atom. The Balaban J connectivity index is 0.00000141. The Labute approximate surface area is 185 Å². The largest absolute Gasteiger partial charge is 0.487 e. The number of benzene rings is 1. The van der Waals surface area contributed by atoms with Crippen LogP contribution >= 0.6 is 0 Å². The van der Waals surface area contributed by atoms with Crippen LogP contribution in [0.4, 0.5) is 14.5 Å². The summed E-state index contributed by atoms with van der Waals surface area (Å²) in [5.41, 5.74) is 5.51. The quantitative estimate of drug-likeness (QED) is 0.735. The Morgan fingerprint density at radius 1 is 1.31 bits per heavy atom. The first-order valence-corrected chi connectivity index (χ1v) is 10.9. The Kier molecular flexibility index (Phi) is 7.18. The Morgan fingerprint density at radius 3 is 2.69 bits per heavy atom. The van der Waals surface area contributed by atoms with Gasteiger partial charge in [-0.15, -0.1) is 0 Å². The highest BCUT2D eigenvalue weighted by molar-refractivity contribution is 5.97. The first-order valence-electron chi connectivity index (χ1n) is 10.9. The lowest BCUT2D eigenvalue weighted by Gasteiger charge is -2.32. The highest BCUT2D eigenvalue weighted by Gasteiger charge is 2.30. The molecule has 32 heavy (non-hydrogen) atoms. The third-order valence-electron chi connectivity index (χ3n) is 5.84. The molecule has 3 heterocycles. The van der Waals surface area contributed by atoms with Gasteiger partial charge in [-0.3, -0.25) is 4.79 Å². The number of ether oxygens (including phenoxy) is 1.